The van der Waals surface area contributed by atoms with Gasteiger partial charge in [-0.3, -0.25) is 14.6 Å². The van der Waals surface area contributed by atoms with Gasteiger partial charge in [0.1, 0.15) is 11.4 Å². The number of fused-ring (bicyclic) bond motifs is 1. The smallest absolute Gasteiger partial charge is 0.410 e. The summed E-state index contributed by atoms with van der Waals surface area (Å²) in [5, 5.41) is 9.43. The molecule has 2 amide bonds. The zero-order chi connectivity index (χ0) is 33.9. The van der Waals surface area contributed by atoms with Gasteiger partial charge in [0.2, 0.25) is 5.91 Å². The largest absolute Gasteiger partial charge is 0.444 e. The van der Waals surface area contributed by atoms with Crippen molar-refractivity contribution in [2.75, 3.05) is 57.4 Å². The van der Waals surface area contributed by atoms with E-state index in [2.05, 4.69) is 47.9 Å². The molecule has 0 radical (unpaired) electrons. The second-order valence-corrected chi connectivity index (χ2v) is 14.8. The predicted molar refractivity (Wildman–Crippen MR) is 180 cm³/mol. The molecule has 3 aliphatic heterocycles. The van der Waals surface area contributed by atoms with Crippen molar-refractivity contribution >= 4 is 17.7 Å². The fourth-order valence-electron chi connectivity index (χ4n) is 7.16. The Balaban J connectivity index is 1.40. The summed E-state index contributed by atoms with van der Waals surface area (Å²) in [6.45, 7) is 16.5. The number of ether oxygens (including phenoxy) is 2. The van der Waals surface area contributed by atoms with E-state index in [0.29, 0.717) is 58.7 Å². The summed E-state index contributed by atoms with van der Waals surface area (Å²) in [5.74, 6) is -0.265. The lowest BCUT2D eigenvalue weighted by Crippen LogP contribution is -2.64. The third kappa shape index (κ3) is 8.32. The molecule has 2 saturated heterocycles. The molecule has 0 bridgehead atoms. The molecule has 0 aromatic heterocycles. The average Bonchev–Trinajstić information content (AvgIpc) is 3.30. The fraction of sp³-hybridized carbons (Fsp3) is 0.595. The molecule has 2 aromatic carbocycles. The highest BCUT2D eigenvalue weighted by Crippen LogP contribution is 2.44. The number of benzene rings is 2. The second-order valence-electron chi connectivity index (χ2n) is 14.8. The summed E-state index contributed by atoms with van der Waals surface area (Å²) in [5.41, 5.74) is 3.04. The number of amides is 2. The van der Waals surface area contributed by atoms with E-state index in [9.17, 15) is 19.2 Å². The molecule has 0 aliphatic carbocycles. The van der Waals surface area contributed by atoms with Crippen LogP contribution in [-0.4, -0.2) is 103 Å². The minimum Gasteiger partial charge on any atom is -0.444 e. The minimum absolute atomic E-state index is 0.00353. The number of carbonyl (C=O) groups is 2. The Kier molecular flexibility index (Phi) is 10.6. The van der Waals surface area contributed by atoms with Crippen LogP contribution in [0.5, 0.6) is 0 Å². The Bertz CT molecular complexity index is 1470. The molecule has 9 nitrogen and oxygen atoms in total. The van der Waals surface area contributed by atoms with Crippen molar-refractivity contribution in [2.24, 2.45) is 0 Å². The first-order valence-corrected chi connectivity index (χ1v) is 16.9. The number of nitrogens with zero attached hydrogens (tertiary/aromatic N) is 5. The van der Waals surface area contributed by atoms with Gasteiger partial charge in [-0.1, -0.05) is 31.2 Å². The van der Waals surface area contributed by atoms with Gasteiger partial charge in [0.15, 0.2) is 0 Å². The van der Waals surface area contributed by atoms with Crippen LogP contribution in [-0.2, 0) is 26.1 Å². The normalized spacial score (nSPS) is 25.4. The van der Waals surface area contributed by atoms with Crippen LogP contribution in [0.2, 0.25) is 0 Å². The van der Waals surface area contributed by atoms with Crippen molar-refractivity contribution in [2.45, 2.75) is 89.9 Å². The van der Waals surface area contributed by atoms with Crippen LogP contribution in [0.25, 0.3) is 0 Å². The van der Waals surface area contributed by atoms with Gasteiger partial charge in [0.05, 0.1) is 25.8 Å². The average molecular weight is 648 g/mol. The van der Waals surface area contributed by atoms with Gasteiger partial charge < -0.3 is 19.3 Å². The van der Waals surface area contributed by atoms with Crippen LogP contribution in [0.15, 0.2) is 42.5 Å². The molecule has 3 heterocycles. The van der Waals surface area contributed by atoms with Crippen LogP contribution in [0, 0.1) is 17.1 Å². The Morgan fingerprint density at radius 2 is 1.79 bits per heavy atom. The molecule has 47 heavy (non-hydrogen) atoms. The number of halogens is 1. The molecule has 2 aromatic rings. The summed E-state index contributed by atoms with van der Waals surface area (Å²) in [4.78, 5) is 36.0. The SMILES string of the molecule is C[C@@H]1COCCN1C[C@H]1CN(C(=O)OC(C)(C)C)[C@H](C)CN1CC(=O)N1CC(C)(CCC#N)c2ccc(Cc3ccc(F)cc3)cc21. The van der Waals surface area contributed by atoms with E-state index >= 15 is 0 Å². The van der Waals surface area contributed by atoms with E-state index in [4.69, 9.17) is 9.47 Å². The van der Waals surface area contributed by atoms with Crippen molar-refractivity contribution < 1.29 is 23.5 Å². The van der Waals surface area contributed by atoms with Crippen LogP contribution in [0.4, 0.5) is 14.9 Å². The van der Waals surface area contributed by atoms with Gasteiger partial charge in [-0.05, 0) is 82.3 Å². The number of hydrogen-bond donors (Lipinski definition) is 0. The summed E-state index contributed by atoms with van der Waals surface area (Å²) in [6, 6.07) is 15.1. The van der Waals surface area contributed by atoms with E-state index in [-0.39, 0.29) is 47.9 Å². The molecule has 0 spiro atoms. The first-order valence-electron chi connectivity index (χ1n) is 16.9. The quantitative estimate of drug-likeness (QED) is 0.382. The molecule has 2 fully saturated rings. The van der Waals surface area contributed by atoms with E-state index in [1.165, 1.54) is 12.1 Å². The first-order chi connectivity index (χ1) is 22.3. The molecule has 1 unspecified atom stereocenters. The topological polar surface area (TPSA) is 89.3 Å². The van der Waals surface area contributed by atoms with Crippen molar-refractivity contribution in [1.29, 1.82) is 5.26 Å². The third-order valence-electron chi connectivity index (χ3n) is 9.79. The molecule has 10 heteroatoms. The fourth-order valence-corrected chi connectivity index (χ4v) is 7.16. The van der Waals surface area contributed by atoms with E-state index in [1.54, 1.807) is 12.1 Å². The number of nitriles is 1. The van der Waals surface area contributed by atoms with Gasteiger partial charge >= 0.3 is 6.09 Å². The Morgan fingerprint density at radius 1 is 1.06 bits per heavy atom. The summed E-state index contributed by atoms with van der Waals surface area (Å²) in [7, 11) is 0. The van der Waals surface area contributed by atoms with Crippen LogP contribution < -0.4 is 4.90 Å². The second kappa shape index (κ2) is 14.3. The third-order valence-corrected chi connectivity index (χ3v) is 9.79. The molecular weight excluding hydrogens is 597 g/mol. The maximum absolute atomic E-state index is 14.4. The van der Waals surface area contributed by atoms with Crippen molar-refractivity contribution in [3.05, 3.63) is 65.0 Å². The van der Waals surface area contributed by atoms with Crippen molar-refractivity contribution in [3.63, 3.8) is 0 Å². The zero-order valence-electron chi connectivity index (χ0n) is 28.8. The minimum atomic E-state index is -0.602. The Labute approximate surface area is 279 Å². The van der Waals surface area contributed by atoms with E-state index in [1.807, 2.05) is 37.5 Å². The molecule has 0 saturated carbocycles. The lowest BCUT2D eigenvalue weighted by atomic mass is 9.80. The molecule has 4 atom stereocenters. The number of carbonyl (C=O) groups excluding carboxylic acids is 2. The number of rotatable bonds is 8. The molecular formula is C37H50FN5O4. The zero-order valence-corrected chi connectivity index (χ0v) is 28.8. The Hall–Kier alpha value is -3.52. The molecule has 0 N–H and O–H groups in total. The van der Waals surface area contributed by atoms with Crippen LogP contribution >= 0.6 is 0 Å². The number of anilines is 1. The monoisotopic (exact) mass is 647 g/mol. The number of piperazine rings is 1. The summed E-state index contributed by atoms with van der Waals surface area (Å²) in [6.07, 6.45) is 1.35. The summed E-state index contributed by atoms with van der Waals surface area (Å²) < 4.78 is 25.0. The maximum Gasteiger partial charge on any atom is 0.410 e. The van der Waals surface area contributed by atoms with Gasteiger partial charge in [-0.15, -0.1) is 0 Å². The molecule has 254 valence electrons. The lowest BCUT2D eigenvalue weighted by Gasteiger charge is -2.47. The number of morpholine rings is 1. The van der Waals surface area contributed by atoms with E-state index in [0.717, 1.165) is 28.9 Å². The first kappa shape index (κ1) is 34.8. The van der Waals surface area contributed by atoms with Gasteiger partial charge in [0, 0.05) is 68.4 Å². The predicted octanol–water partition coefficient (Wildman–Crippen LogP) is 5.36. The van der Waals surface area contributed by atoms with Crippen LogP contribution in [0.1, 0.15) is 71.1 Å². The number of hydrogen-bond acceptors (Lipinski definition) is 7. The lowest BCUT2D eigenvalue weighted by molar-refractivity contribution is -0.121. The highest BCUT2D eigenvalue weighted by atomic mass is 19.1. The Morgan fingerprint density at radius 3 is 2.47 bits per heavy atom. The maximum atomic E-state index is 14.4. The van der Waals surface area contributed by atoms with Gasteiger partial charge in [-0.2, -0.15) is 5.26 Å². The van der Waals surface area contributed by atoms with Crippen LogP contribution in [0.3, 0.4) is 0 Å². The highest BCUT2D eigenvalue weighted by molar-refractivity contribution is 5.97. The molecule has 5 rings (SSSR count). The highest BCUT2D eigenvalue weighted by Gasteiger charge is 2.43. The standard InChI is InChI=1S/C37H50FN5O4/c1-26-20-41(31(21-40-16-17-46-24-27(40)2)22-42(26)35(45)47-36(3,4)5)23-34(44)43-25-37(6,14-7-15-39)32-13-10-29(19-33(32)43)18-28-8-11-30(38)12-9-28/h8-13,19,26-27,31H,7,14,16-18,20-25H2,1-6H3/t26-,27-,31+,37?/m1/s1. The van der Waals surface area contributed by atoms with Gasteiger partial charge in [-0.25, -0.2) is 9.18 Å². The van der Waals surface area contributed by atoms with Gasteiger partial charge in [0.25, 0.3) is 0 Å². The van der Waals surface area contributed by atoms with Crippen molar-refractivity contribution in [3.8, 4) is 6.07 Å². The van der Waals surface area contributed by atoms with Crippen molar-refractivity contribution in [1.82, 2.24) is 14.7 Å². The molecule has 3 aliphatic rings. The van der Waals surface area contributed by atoms with E-state index < -0.39 is 5.60 Å². The summed E-state index contributed by atoms with van der Waals surface area (Å²) >= 11 is 0.